The van der Waals surface area contributed by atoms with Crippen molar-refractivity contribution in [2.75, 3.05) is 26.2 Å². The second kappa shape index (κ2) is 7.48. The zero-order valence-corrected chi connectivity index (χ0v) is 20.0. The molecule has 7 heteroatoms. The molecule has 1 aromatic carbocycles. The van der Waals surface area contributed by atoms with Crippen LogP contribution in [0.3, 0.4) is 0 Å². The van der Waals surface area contributed by atoms with Crippen molar-refractivity contribution < 1.29 is 14.3 Å². The van der Waals surface area contributed by atoms with Crippen LogP contribution in [0.2, 0.25) is 0 Å². The molecule has 2 saturated heterocycles. The summed E-state index contributed by atoms with van der Waals surface area (Å²) in [5, 5.41) is 3.75. The number of ether oxygens (including phenoxy) is 2. The predicted molar refractivity (Wildman–Crippen MR) is 128 cm³/mol. The van der Waals surface area contributed by atoms with Crippen LogP contribution in [0, 0.1) is 5.92 Å². The number of imidazole rings is 1. The second-order valence-electron chi connectivity index (χ2n) is 11.2. The lowest BCUT2D eigenvalue weighted by molar-refractivity contribution is -0.0111. The summed E-state index contributed by atoms with van der Waals surface area (Å²) < 4.78 is 14.7. The Morgan fingerprint density at radius 1 is 1.18 bits per heavy atom. The number of para-hydroxylation sites is 1. The molecule has 2 aromatic rings. The van der Waals surface area contributed by atoms with Gasteiger partial charge >= 0.3 is 6.09 Å². The Hall–Kier alpha value is -2.54. The van der Waals surface area contributed by atoms with E-state index >= 15 is 0 Å². The monoisotopic (exact) mass is 462 g/mol. The van der Waals surface area contributed by atoms with E-state index in [2.05, 4.69) is 35.1 Å². The molecule has 7 rings (SSSR count). The average Bonchev–Trinajstić information content (AvgIpc) is 3.78. The summed E-state index contributed by atoms with van der Waals surface area (Å²) in [4.78, 5) is 19.8. The Morgan fingerprint density at radius 2 is 1.97 bits per heavy atom. The quantitative estimate of drug-likeness (QED) is 0.736. The smallest absolute Gasteiger partial charge is 0.409 e. The van der Waals surface area contributed by atoms with Gasteiger partial charge in [-0.3, -0.25) is 0 Å². The number of carbonyl (C=O) groups is 1. The van der Waals surface area contributed by atoms with Gasteiger partial charge in [0, 0.05) is 50.0 Å². The molecule has 4 fully saturated rings. The summed E-state index contributed by atoms with van der Waals surface area (Å²) in [6.07, 6.45) is 8.58. The molecule has 1 amide bonds. The molecule has 1 aromatic heterocycles. The van der Waals surface area contributed by atoms with Gasteiger partial charge in [0.2, 0.25) is 0 Å². The molecule has 1 N–H and O–H groups in total. The van der Waals surface area contributed by atoms with Crippen molar-refractivity contribution in [1.82, 2.24) is 19.8 Å². The van der Waals surface area contributed by atoms with Gasteiger partial charge in [-0.25, -0.2) is 9.78 Å². The zero-order valence-electron chi connectivity index (χ0n) is 20.0. The Morgan fingerprint density at radius 3 is 2.74 bits per heavy atom. The average molecular weight is 463 g/mol. The number of amides is 1. The van der Waals surface area contributed by atoms with Crippen molar-refractivity contribution >= 4 is 6.09 Å². The van der Waals surface area contributed by atoms with Crippen molar-refractivity contribution in [2.45, 2.75) is 68.4 Å². The van der Waals surface area contributed by atoms with Crippen LogP contribution < -0.4 is 10.1 Å². The van der Waals surface area contributed by atoms with Crippen LogP contribution in [0.5, 0.6) is 5.75 Å². The zero-order chi connectivity index (χ0) is 22.9. The van der Waals surface area contributed by atoms with Crippen LogP contribution in [0.4, 0.5) is 4.79 Å². The maximum absolute atomic E-state index is 12.6. The van der Waals surface area contributed by atoms with Crippen molar-refractivity contribution in [2.24, 2.45) is 13.0 Å². The lowest BCUT2D eigenvalue weighted by atomic mass is 9.83. The van der Waals surface area contributed by atoms with Gasteiger partial charge in [-0.1, -0.05) is 12.1 Å². The number of benzene rings is 1. The number of rotatable bonds is 3. The normalized spacial score (nSPS) is 26.0. The fourth-order valence-corrected chi connectivity index (χ4v) is 6.46. The Balaban J connectivity index is 1.21. The lowest BCUT2D eigenvalue weighted by Crippen LogP contribution is -2.50. The molecule has 1 atom stereocenters. The van der Waals surface area contributed by atoms with Crippen molar-refractivity contribution in [3.8, 4) is 17.0 Å². The van der Waals surface area contributed by atoms with Crippen molar-refractivity contribution in [1.29, 1.82) is 0 Å². The molecule has 4 heterocycles. The second-order valence-corrected chi connectivity index (χ2v) is 11.2. The third-order valence-electron chi connectivity index (χ3n) is 8.83. The minimum atomic E-state index is -0.457. The summed E-state index contributed by atoms with van der Waals surface area (Å²) in [6.45, 7) is 2.92. The predicted octanol–water partition coefficient (Wildman–Crippen LogP) is 4.32. The molecule has 180 valence electrons. The molecule has 0 bridgehead atoms. The molecule has 2 aliphatic carbocycles. The van der Waals surface area contributed by atoms with E-state index in [9.17, 15) is 4.79 Å². The van der Waals surface area contributed by atoms with E-state index < -0.39 is 5.60 Å². The molecule has 7 nitrogen and oxygen atoms in total. The SMILES string of the molecule is Cn1c([C@@H]2CCNC3(CC3)C2)nc2c1C1(CCN(C(=O)OCC3CC3)CC1)Oc1ccccc1-2. The van der Waals surface area contributed by atoms with Crippen LogP contribution in [0.15, 0.2) is 24.3 Å². The number of nitrogens with zero attached hydrogens (tertiary/aromatic N) is 3. The molecule has 0 radical (unpaired) electrons. The first-order chi connectivity index (χ1) is 16.6. The minimum absolute atomic E-state index is 0.173. The van der Waals surface area contributed by atoms with Crippen LogP contribution in [0.25, 0.3) is 11.3 Å². The number of aromatic nitrogens is 2. The molecule has 2 spiro atoms. The van der Waals surface area contributed by atoms with E-state index in [1.807, 2.05) is 11.0 Å². The van der Waals surface area contributed by atoms with Gasteiger partial charge in [0.15, 0.2) is 5.60 Å². The van der Waals surface area contributed by atoms with Crippen molar-refractivity contribution in [3.05, 3.63) is 35.8 Å². The molecule has 0 unspecified atom stereocenters. The topological polar surface area (TPSA) is 68.6 Å². The number of hydrogen-bond acceptors (Lipinski definition) is 5. The van der Waals surface area contributed by atoms with Gasteiger partial charge in [-0.05, 0) is 63.1 Å². The number of carbonyl (C=O) groups excluding carboxylic acids is 1. The Labute approximate surface area is 200 Å². The van der Waals surface area contributed by atoms with Gasteiger partial charge in [0.1, 0.15) is 11.6 Å². The summed E-state index contributed by atoms with van der Waals surface area (Å²) in [5.41, 5.74) is 3.25. The highest BCUT2D eigenvalue weighted by Crippen LogP contribution is 2.52. The highest BCUT2D eigenvalue weighted by molar-refractivity contribution is 5.73. The fourth-order valence-electron chi connectivity index (χ4n) is 6.46. The number of hydrogen-bond donors (Lipinski definition) is 1. The summed E-state index contributed by atoms with van der Waals surface area (Å²) in [5.74, 6) is 3.16. The van der Waals surface area contributed by atoms with Gasteiger partial charge in [0.05, 0.1) is 18.0 Å². The standard InChI is InChI=1S/C27H34N4O3/c1-30-23-22(29-24(30)19-8-13-28-26(16-19)9-10-26)20-4-2-3-5-21(20)34-27(23)11-14-31(15-12-27)25(32)33-17-18-6-7-18/h2-5,18-19,28H,6-17H2,1H3/t19-/m1/s1. The van der Waals surface area contributed by atoms with E-state index in [0.717, 1.165) is 42.8 Å². The van der Waals surface area contributed by atoms with Crippen LogP contribution in [-0.4, -0.2) is 52.3 Å². The highest BCUT2D eigenvalue weighted by Gasteiger charge is 2.50. The summed E-state index contributed by atoms with van der Waals surface area (Å²) in [6, 6.07) is 8.30. The van der Waals surface area contributed by atoms with Crippen molar-refractivity contribution in [3.63, 3.8) is 0 Å². The van der Waals surface area contributed by atoms with Crippen LogP contribution in [0.1, 0.15) is 68.8 Å². The Bertz CT molecular complexity index is 1120. The maximum Gasteiger partial charge on any atom is 0.409 e. The molecule has 5 aliphatic rings. The van der Waals surface area contributed by atoms with E-state index in [1.165, 1.54) is 43.6 Å². The minimum Gasteiger partial charge on any atom is -0.480 e. The molecular weight excluding hydrogens is 428 g/mol. The van der Waals surface area contributed by atoms with E-state index in [4.69, 9.17) is 14.5 Å². The first-order valence-electron chi connectivity index (χ1n) is 13.1. The third-order valence-corrected chi connectivity index (χ3v) is 8.83. The largest absolute Gasteiger partial charge is 0.480 e. The van der Waals surface area contributed by atoms with Gasteiger partial charge in [-0.15, -0.1) is 0 Å². The fraction of sp³-hybridized carbons (Fsp3) is 0.630. The van der Waals surface area contributed by atoms with Gasteiger partial charge < -0.3 is 24.3 Å². The van der Waals surface area contributed by atoms with Crippen LogP contribution in [-0.2, 0) is 17.4 Å². The summed E-state index contributed by atoms with van der Waals surface area (Å²) in [7, 11) is 2.18. The molecular formula is C27H34N4O3. The van der Waals surface area contributed by atoms with Gasteiger partial charge in [-0.2, -0.15) is 0 Å². The third kappa shape index (κ3) is 3.35. The number of nitrogens with one attached hydrogen (secondary N) is 1. The molecule has 3 aliphatic heterocycles. The molecule has 2 saturated carbocycles. The Kier molecular flexibility index (Phi) is 4.57. The number of likely N-dealkylation sites (tertiary alicyclic amines) is 1. The van der Waals surface area contributed by atoms with E-state index in [-0.39, 0.29) is 6.09 Å². The summed E-state index contributed by atoms with van der Waals surface area (Å²) >= 11 is 0. The lowest BCUT2D eigenvalue weighted by Gasteiger charge is -2.44. The first kappa shape index (κ1) is 20.8. The highest BCUT2D eigenvalue weighted by atomic mass is 16.6. The molecule has 34 heavy (non-hydrogen) atoms. The van der Waals surface area contributed by atoms with Crippen LogP contribution >= 0.6 is 0 Å². The van der Waals surface area contributed by atoms with E-state index in [0.29, 0.717) is 37.1 Å². The number of piperidine rings is 2. The first-order valence-corrected chi connectivity index (χ1v) is 13.1. The van der Waals surface area contributed by atoms with Gasteiger partial charge in [0.25, 0.3) is 0 Å². The maximum atomic E-state index is 12.6. The number of fused-ring (bicyclic) bond motifs is 4. The van der Waals surface area contributed by atoms with E-state index in [1.54, 1.807) is 0 Å².